The summed E-state index contributed by atoms with van der Waals surface area (Å²) in [6.45, 7) is 6.48. The molecule has 0 saturated carbocycles. The van der Waals surface area contributed by atoms with Crippen molar-refractivity contribution in [3.8, 4) is 0 Å². The molecule has 5 nitrogen and oxygen atoms in total. The Morgan fingerprint density at radius 3 is 2.52 bits per heavy atom. The van der Waals surface area contributed by atoms with Crippen LogP contribution in [0.1, 0.15) is 21.5 Å². The van der Waals surface area contributed by atoms with E-state index in [0.717, 1.165) is 48.7 Å². The SMILES string of the molecule is Cc1c(C(=O)Nc2ccccc2CN)cccc1N1CCN(C)CC1. The van der Waals surface area contributed by atoms with E-state index in [4.69, 9.17) is 5.73 Å². The predicted octanol–water partition coefficient (Wildman–Crippen LogP) is 2.46. The molecule has 2 aromatic rings. The van der Waals surface area contributed by atoms with E-state index in [1.54, 1.807) is 0 Å². The average Bonchev–Trinajstić information content (AvgIpc) is 2.63. The number of nitrogens with one attached hydrogen (secondary N) is 1. The van der Waals surface area contributed by atoms with Crippen LogP contribution in [0, 0.1) is 6.92 Å². The van der Waals surface area contributed by atoms with Crippen LogP contribution in [0.25, 0.3) is 0 Å². The minimum atomic E-state index is -0.0885. The summed E-state index contributed by atoms with van der Waals surface area (Å²) in [6.07, 6.45) is 0. The van der Waals surface area contributed by atoms with Crippen molar-refractivity contribution in [2.24, 2.45) is 5.73 Å². The van der Waals surface area contributed by atoms with Crippen LogP contribution in [0.5, 0.6) is 0 Å². The van der Waals surface area contributed by atoms with Crippen molar-refractivity contribution >= 4 is 17.3 Å². The fourth-order valence-corrected chi connectivity index (χ4v) is 3.27. The van der Waals surface area contributed by atoms with Gasteiger partial charge >= 0.3 is 0 Å². The number of benzene rings is 2. The van der Waals surface area contributed by atoms with Crippen molar-refractivity contribution in [2.45, 2.75) is 13.5 Å². The molecule has 1 amide bonds. The minimum Gasteiger partial charge on any atom is -0.369 e. The van der Waals surface area contributed by atoms with Crippen LogP contribution in [0.4, 0.5) is 11.4 Å². The lowest BCUT2D eigenvalue weighted by molar-refractivity contribution is 0.102. The molecular weight excluding hydrogens is 312 g/mol. The molecule has 1 fully saturated rings. The Balaban J connectivity index is 1.82. The highest BCUT2D eigenvalue weighted by Crippen LogP contribution is 2.25. The molecule has 5 heteroatoms. The average molecular weight is 338 g/mol. The third kappa shape index (κ3) is 3.83. The second-order valence-corrected chi connectivity index (χ2v) is 6.56. The van der Waals surface area contributed by atoms with E-state index in [9.17, 15) is 4.79 Å². The van der Waals surface area contributed by atoms with Gasteiger partial charge in [0.25, 0.3) is 5.91 Å². The predicted molar refractivity (Wildman–Crippen MR) is 103 cm³/mol. The summed E-state index contributed by atoms with van der Waals surface area (Å²) in [5, 5.41) is 3.01. The molecule has 0 unspecified atom stereocenters. The maximum atomic E-state index is 12.8. The number of carbonyl (C=O) groups is 1. The first-order chi connectivity index (χ1) is 12.1. The smallest absolute Gasteiger partial charge is 0.256 e. The lowest BCUT2D eigenvalue weighted by Gasteiger charge is -2.35. The third-order valence-electron chi connectivity index (χ3n) is 4.88. The zero-order valence-corrected chi connectivity index (χ0v) is 15.0. The molecule has 25 heavy (non-hydrogen) atoms. The molecule has 3 N–H and O–H groups in total. The van der Waals surface area contributed by atoms with Crippen molar-refractivity contribution in [3.63, 3.8) is 0 Å². The van der Waals surface area contributed by atoms with Gasteiger partial charge in [-0.25, -0.2) is 0 Å². The Kier molecular flexibility index (Phi) is 5.36. The molecule has 0 bridgehead atoms. The maximum Gasteiger partial charge on any atom is 0.256 e. The number of carbonyl (C=O) groups excluding carboxylic acids is 1. The quantitative estimate of drug-likeness (QED) is 0.899. The largest absolute Gasteiger partial charge is 0.369 e. The number of rotatable bonds is 4. The highest BCUT2D eigenvalue weighted by molar-refractivity contribution is 6.06. The molecule has 3 rings (SSSR count). The topological polar surface area (TPSA) is 61.6 Å². The van der Waals surface area contributed by atoms with Crippen molar-refractivity contribution in [1.82, 2.24) is 4.90 Å². The molecule has 1 heterocycles. The second kappa shape index (κ2) is 7.68. The Hall–Kier alpha value is -2.37. The van der Waals surface area contributed by atoms with E-state index in [2.05, 4.69) is 28.2 Å². The van der Waals surface area contributed by atoms with Gasteiger partial charge in [0.05, 0.1) is 0 Å². The summed E-state index contributed by atoms with van der Waals surface area (Å²) in [5.41, 5.74) is 10.4. The molecule has 1 saturated heterocycles. The number of nitrogens with two attached hydrogens (primary N) is 1. The van der Waals surface area contributed by atoms with Crippen molar-refractivity contribution in [2.75, 3.05) is 43.4 Å². The van der Waals surface area contributed by atoms with Crippen molar-refractivity contribution in [1.29, 1.82) is 0 Å². The van der Waals surface area contributed by atoms with Gasteiger partial charge in [0, 0.05) is 49.7 Å². The number of nitrogens with zero attached hydrogens (tertiary/aromatic N) is 2. The van der Waals surface area contributed by atoms with Gasteiger partial charge in [-0.3, -0.25) is 4.79 Å². The Morgan fingerprint density at radius 2 is 1.80 bits per heavy atom. The fourth-order valence-electron chi connectivity index (χ4n) is 3.27. The van der Waals surface area contributed by atoms with Gasteiger partial charge < -0.3 is 20.9 Å². The zero-order valence-electron chi connectivity index (χ0n) is 15.0. The van der Waals surface area contributed by atoms with Crippen LogP contribution in [0.3, 0.4) is 0 Å². The van der Waals surface area contributed by atoms with Gasteiger partial charge in [0.2, 0.25) is 0 Å². The van der Waals surface area contributed by atoms with Crippen LogP contribution in [0.2, 0.25) is 0 Å². The van der Waals surface area contributed by atoms with Crippen LogP contribution in [-0.2, 0) is 6.54 Å². The van der Waals surface area contributed by atoms with Crippen molar-refractivity contribution in [3.05, 3.63) is 59.2 Å². The van der Waals surface area contributed by atoms with Gasteiger partial charge in [-0.05, 0) is 43.3 Å². The summed E-state index contributed by atoms with van der Waals surface area (Å²) in [7, 11) is 2.14. The Bertz CT molecular complexity index is 751. The highest BCUT2D eigenvalue weighted by Gasteiger charge is 2.19. The molecule has 1 aliphatic heterocycles. The summed E-state index contributed by atoms with van der Waals surface area (Å²) in [4.78, 5) is 17.5. The number of likely N-dealkylation sites (N-methyl/N-ethyl adjacent to an activating group) is 1. The number of para-hydroxylation sites is 1. The monoisotopic (exact) mass is 338 g/mol. The van der Waals surface area contributed by atoms with Gasteiger partial charge in [-0.15, -0.1) is 0 Å². The van der Waals surface area contributed by atoms with E-state index in [0.29, 0.717) is 12.1 Å². The summed E-state index contributed by atoms with van der Waals surface area (Å²) >= 11 is 0. The summed E-state index contributed by atoms with van der Waals surface area (Å²) in [6, 6.07) is 13.6. The number of hydrogen-bond donors (Lipinski definition) is 2. The Labute approximate surface area is 149 Å². The first-order valence-corrected chi connectivity index (χ1v) is 8.72. The lowest BCUT2D eigenvalue weighted by Crippen LogP contribution is -2.44. The van der Waals surface area contributed by atoms with Crippen molar-refractivity contribution < 1.29 is 4.79 Å². The van der Waals surface area contributed by atoms with E-state index < -0.39 is 0 Å². The highest BCUT2D eigenvalue weighted by atomic mass is 16.1. The number of piperazine rings is 1. The fraction of sp³-hybridized carbons (Fsp3) is 0.350. The summed E-state index contributed by atoms with van der Waals surface area (Å²) in [5.74, 6) is -0.0885. The number of hydrogen-bond acceptors (Lipinski definition) is 4. The second-order valence-electron chi connectivity index (χ2n) is 6.56. The third-order valence-corrected chi connectivity index (χ3v) is 4.88. The van der Waals surface area contributed by atoms with Crippen LogP contribution < -0.4 is 16.0 Å². The Morgan fingerprint density at radius 1 is 1.08 bits per heavy atom. The van der Waals surface area contributed by atoms with Crippen LogP contribution >= 0.6 is 0 Å². The first kappa shape index (κ1) is 17.5. The van der Waals surface area contributed by atoms with E-state index in [1.165, 1.54) is 0 Å². The molecule has 2 aromatic carbocycles. The van der Waals surface area contributed by atoms with Gasteiger partial charge in [-0.1, -0.05) is 24.3 Å². The lowest BCUT2D eigenvalue weighted by atomic mass is 10.0. The molecular formula is C20H26N4O. The molecule has 1 aliphatic rings. The van der Waals surface area contributed by atoms with E-state index in [-0.39, 0.29) is 5.91 Å². The standard InChI is InChI=1S/C20H26N4O/c1-15-17(20(25)22-18-8-4-3-6-16(18)14-21)7-5-9-19(15)24-12-10-23(2)11-13-24/h3-9H,10-14,21H2,1-2H3,(H,22,25). The van der Waals surface area contributed by atoms with Gasteiger partial charge in [-0.2, -0.15) is 0 Å². The maximum absolute atomic E-state index is 12.8. The molecule has 0 spiro atoms. The zero-order chi connectivity index (χ0) is 17.8. The molecule has 0 aromatic heterocycles. The molecule has 0 radical (unpaired) electrons. The minimum absolute atomic E-state index is 0.0885. The first-order valence-electron chi connectivity index (χ1n) is 8.72. The normalized spacial score (nSPS) is 15.2. The molecule has 0 atom stereocenters. The van der Waals surface area contributed by atoms with Crippen LogP contribution in [-0.4, -0.2) is 44.0 Å². The van der Waals surface area contributed by atoms with Gasteiger partial charge in [0.15, 0.2) is 0 Å². The van der Waals surface area contributed by atoms with Crippen LogP contribution in [0.15, 0.2) is 42.5 Å². The molecule has 0 aliphatic carbocycles. The number of anilines is 2. The van der Waals surface area contributed by atoms with E-state index in [1.807, 2.05) is 43.3 Å². The molecule has 132 valence electrons. The summed E-state index contributed by atoms with van der Waals surface area (Å²) < 4.78 is 0. The van der Waals surface area contributed by atoms with E-state index >= 15 is 0 Å². The van der Waals surface area contributed by atoms with Gasteiger partial charge in [0.1, 0.15) is 0 Å². The number of amides is 1.